The molecule has 0 atom stereocenters. The Morgan fingerprint density at radius 3 is 2.68 bits per heavy atom. The van der Waals surface area contributed by atoms with Crippen molar-refractivity contribution in [1.82, 2.24) is 0 Å². The molecule has 19 heavy (non-hydrogen) atoms. The van der Waals surface area contributed by atoms with Crippen LogP contribution in [0.1, 0.15) is 5.56 Å². The first kappa shape index (κ1) is 14.5. The highest BCUT2D eigenvalue weighted by Gasteiger charge is 2.04. The molecule has 0 unspecified atom stereocenters. The molecule has 0 aliphatic heterocycles. The van der Waals surface area contributed by atoms with Crippen LogP contribution in [-0.4, -0.2) is 7.11 Å². The summed E-state index contributed by atoms with van der Waals surface area (Å²) in [6, 6.07) is 11.2. The lowest BCUT2D eigenvalue weighted by molar-refractivity contribution is 0.412. The van der Waals surface area contributed by atoms with Crippen LogP contribution < -0.4 is 10.1 Å². The summed E-state index contributed by atoms with van der Waals surface area (Å²) in [6.45, 7) is 0.601. The van der Waals surface area contributed by atoms with E-state index in [-0.39, 0.29) is 0 Å². The first-order chi connectivity index (χ1) is 9.10. The average Bonchev–Trinajstić information content (AvgIpc) is 2.41. The number of ether oxygens (including phenoxy) is 1. The van der Waals surface area contributed by atoms with E-state index in [4.69, 9.17) is 27.9 Å². The van der Waals surface area contributed by atoms with Crippen LogP contribution in [0.25, 0.3) is 0 Å². The van der Waals surface area contributed by atoms with Crippen LogP contribution in [0.3, 0.4) is 0 Å². The minimum Gasteiger partial charge on any atom is -0.495 e. The van der Waals surface area contributed by atoms with E-state index in [1.54, 1.807) is 19.2 Å². The Labute approximate surface area is 130 Å². The second-order valence-corrected chi connectivity index (χ2v) is 5.64. The first-order valence-corrected chi connectivity index (χ1v) is 7.16. The van der Waals surface area contributed by atoms with E-state index in [1.165, 1.54) is 0 Å². The number of nitrogens with one attached hydrogen (secondary N) is 1. The topological polar surface area (TPSA) is 21.3 Å². The number of hydrogen-bond acceptors (Lipinski definition) is 2. The van der Waals surface area contributed by atoms with E-state index in [0.29, 0.717) is 16.6 Å². The first-order valence-electron chi connectivity index (χ1n) is 5.61. The van der Waals surface area contributed by atoms with Crippen LogP contribution in [0.2, 0.25) is 10.0 Å². The van der Waals surface area contributed by atoms with Gasteiger partial charge < -0.3 is 10.1 Å². The molecular formula is C14H12BrCl2NO. The molecule has 5 heteroatoms. The second-order valence-electron chi connectivity index (χ2n) is 3.94. The summed E-state index contributed by atoms with van der Waals surface area (Å²) in [4.78, 5) is 0. The zero-order valence-electron chi connectivity index (χ0n) is 10.2. The fraction of sp³-hybridized carbons (Fsp3) is 0.143. The third-order valence-electron chi connectivity index (χ3n) is 2.64. The molecule has 0 saturated carbocycles. The molecule has 0 saturated heterocycles. The van der Waals surface area contributed by atoms with Crippen molar-refractivity contribution in [2.45, 2.75) is 6.54 Å². The highest BCUT2D eigenvalue weighted by molar-refractivity contribution is 9.10. The lowest BCUT2D eigenvalue weighted by Crippen LogP contribution is -2.00. The molecule has 0 spiro atoms. The number of anilines is 1. The van der Waals surface area contributed by atoms with E-state index < -0.39 is 0 Å². The van der Waals surface area contributed by atoms with Crippen LogP contribution in [-0.2, 0) is 6.54 Å². The van der Waals surface area contributed by atoms with Crippen molar-refractivity contribution in [2.75, 3.05) is 12.4 Å². The van der Waals surface area contributed by atoms with Crippen molar-refractivity contribution in [1.29, 1.82) is 0 Å². The zero-order chi connectivity index (χ0) is 13.8. The Bertz CT molecular complexity index is 590. The van der Waals surface area contributed by atoms with Gasteiger partial charge in [0.1, 0.15) is 5.75 Å². The Morgan fingerprint density at radius 2 is 1.95 bits per heavy atom. The summed E-state index contributed by atoms with van der Waals surface area (Å²) in [7, 11) is 1.64. The molecule has 0 radical (unpaired) electrons. The maximum Gasteiger partial charge on any atom is 0.135 e. The summed E-state index contributed by atoms with van der Waals surface area (Å²) < 4.78 is 6.16. The van der Waals surface area contributed by atoms with E-state index in [1.807, 2.05) is 24.3 Å². The van der Waals surface area contributed by atoms with Gasteiger partial charge in [-0.1, -0.05) is 23.2 Å². The number of hydrogen-bond donors (Lipinski definition) is 1. The molecule has 100 valence electrons. The predicted molar refractivity (Wildman–Crippen MR) is 84.5 cm³/mol. The van der Waals surface area contributed by atoms with Gasteiger partial charge in [-0.25, -0.2) is 0 Å². The van der Waals surface area contributed by atoms with Gasteiger partial charge in [0.25, 0.3) is 0 Å². The fourth-order valence-corrected chi connectivity index (χ4v) is 2.43. The second kappa shape index (κ2) is 6.51. The predicted octanol–water partition coefficient (Wildman–Crippen LogP) is 5.38. The highest BCUT2D eigenvalue weighted by atomic mass is 79.9. The van der Waals surface area contributed by atoms with Gasteiger partial charge in [0, 0.05) is 28.3 Å². The van der Waals surface area contributed by atoms with Crippen molar-refractivity contribution < 1.29 is 4.74 Å². The third-order valence-corrected chi connectivity index (χ3v) is 3.90. The molecule has 0 amide bonds. The van der Waals surface area contributed by atoms with Crippen molar-refractivity contribution in [3.05, 3.63) is 56.5 Å². The lowest BCUT2D eigenvalue weighted by Gasteiger charge is -2.10. The van der Waals surface area contributed by atoms with Crippen LogP contribution in [0.5, 0.6) is 5.75 Å². The number of methoxy groups -OCH3 is 1. The van der Waals surface area contributed by atoms with Crippen LogP contribution in [0, 0.1) is 0 Å². The smallest absolute Gasteiger partial charge is 0.135 e. The highest BCUT2D eigenvalue weighted by Crippen LogP contribution is 2.28. The van der Waals surface area contributed by atoms with E-state index in [9.17, 15) is 0 Å². The average molecular weight is 361 g/mol. The third kappa shape index (κ3) is 3.78. The SMILES string of the molecule is COc1cc(NCc2cc(Cl)ccc2Cl)ccc1Br. The minimum absolute atomic E-state index is 0.601. The van der Waals surface area contributed by atoms with Gasteiger partial charge in [-0.3, -0.25) is 0 Å². The van der Waals surface area contributed by atoms with Gasteiger partial charge in [0.15, 0.2) is 0 Å². The van der Waals surface area contributed by atoms with Gasteiger partial charge in [-0.15, -0.1) is 0 Å². The molecule has 0 heterocycles. The zero-order valence-corrected chi connectivity index (χ0v) is 13.3. The van der Waals surface area contributed by atoms with Crippen molar-refractivity contribution >= 4 is 44.8 Å². The van der Waals surface area contributed by atoms with Gasteiger partial charge >= 0.3 is 0 Å². The Kier molecular flexibility index (Phi) is 4.97. The van der Waals surface area contributed by atoms with Crippen molar-refractivity contribution in [3.8, 4) is 5.75 Å². The summed E-state index contributed by atoms with van der Waals surface area (Å²) in [5.74, 6) is 0.780. The largest absolute Gasteiger partial charge is 0.495 e. The quantitative estimate of drug-likeness (QED) is 0.790. The summed E-state index contributed by atoms with van der Waals surface area (Å²) in [5.41, 5.74) is 1.91. The fourth-order valence-electron chi connectivity index (χ4n) is 1.65. The molecule has 0 aliphatic carbocycles. The molecule has 0 bridgehead atoms. The molecule has 2 aromatic carbocycles. The van der Waals surface area contributed by atoms with Gasteiger partial charge in [0.05, 0.1) is 11.6 Å². The van der Waals surface area contributed by atoms with Crippen LogP contribution in [0.4, 0.5) is 5.69 Å². The normalized spacial score (nSPS) is 10.3. The minimum atomic E-state index is 0.601. The number of rotatable bonds is 4. The molecule has 0 aromatic heterocycles. The monoisotopic (exact) mass is 359 g/mol. The van der Waals surface area contributed by atoms with Crippen LogP contribution >= 0.6 is 39.1 Å². The number of halogens is 3. The van der Waals surface area contributed by atoms with E-state index in [0.717, 1.165) is 21.5 Å². The Morgan fingerprint density at radius 1 is 1.16 bits per heavy atom. The molecule has 0 fully saturated rings. The summed E-state index contributed by atoms with van der Waals surface area (Å²) >= 11 is 15.5. The number of benzene rings is 2. The maximum absolute atomic E-state index is 6.12. The van der Waals surface area contributed by atoms with Crippen molar-refractivity contribution in [3.63, 3.8) is 0 Å². The van der Waals surface area contributed by atoms with Gasteiger partial charge in [-0.2, -0.15) is 0 Å². The Balaban J connectivity index is 2.12. The molecular weight excluding hydrogens is 349 g/mol. The van der Waals surface area contributed by atoms with Crippen LogP contribution in [0.15, 0.2) is 40.9 Å². The Hall–Kier alpha value is -0.900. The molecule has 1 N–H and O–H groups in total. The summed E-state index contributed by atoms with van der Waals surface area (Å²) in [5, 5.41) is 4.66. The molecule has 0 aliphatic rings. The maximum atomic E-state index is 6.12. The van der Waals surface area contributed by atoms with Crippen molar-refractivity contribution in [2.24, 2.45) is 0 Å². The summed E-state index contributed by atoms with van der Waals surface area (Å²) in [6.07, 6.45) is 0. The van der Waals surface area contributed by atoms with Gasteiger partial charge in [0.2, 0.25) is 0 Å². The molecule has 2 rings (SSSR count). The molecule has 2 nitrogen and oxygen atoms in total. The van der Waals surface area contributed by atoms with Gasteiger partial charge in [-0.05, 0) is 51.8 Å². The lowest BCUT2D eigenvalue weighted by atomic mass is 10.2. The van der Waals surface area contributed by atoms with E-state index in [2.05, 4.69) is 21.2 Å². The van der Waals surface area contributed by atoms with E-state index >= 15 is 0 Å². The standard InChI is InChI=1S/C14H12BrCl2NO/c1-19-14-7-11(3-4-12(14)15)18-8-9-6-10(16)2-5-13(9)17/h2-7,18H,8H2,1H3. The molecule has 2 aromatic rings.